The maximum Gasteiger partial charge on any atom is 0.143 e. The lowest BCUT2D eigenvalue weighted by atomic mass is 10.2. The molecule has 4 rings (SSSR count). The number of aromatic nitrogens is 3. The number of nitrogens with zero attached hydrogens (tertiary/aromatic N) is 4. The van der Waals surface area contributed by atoms with E-state index in [1.807, 2.05) is 48.5 Å². The van der Waals surface area contributed by atoms with Gasteiger partial charge in [0.05, 0.1) is 11.0 Å². The Balaban J connectivity index is 2.40. The van der Waals surface area contributed by atoms with Crippen LogP contribution in [0, 0.1) is 4.91 Å². The van der Waals surface area contributed by atoms with Gasteiger partial charge in [-0.2, -0.15) is 0 Å². The van der Waals surface area contributed by atoms with Gasteiger partial charge in [0.15, 0.2) is 0 Å². The molecule has 0 radical (unpaired) electrons. The minimum absolute atomic E-state index is 0.418. The normalized spacial score (nSPS) is 11.4. The molecule has 2 aromatic heterocycles. The third kappa shape index (κ3) is 1.24. The minimum atomic E-state index is 0.418. The van der Waals surface area contributed by atoms with E-state index < -0.39 is 0 Å². The molecule has 2 heterocycles. The zero-order valence-electron chi connectivity index (χ0n) is 9.82. The topological polar surface area (TPSA) is 59.6 Å². The number of hydrogen-bond acceptors (Lipinski definition) is 4. The summed E-state index contributed by atoms with van der Waals surface area (Å²) in [5.74, 6) is 0. The predicted molar refractivity (Wildman–Crippen MR) is 73.5 cm³/mol. The number of fused-ring (bicyclic) bond motifs is 5. The van der Waals surface area contributed by atoms with Crippen LogP contribution in [0.1, 0.15) is 0 Å². The fourth-order valence-corrected chi connectivity index (χ4v) is 2.49. The van der Waals surface area contributed by atoms with Crippen LogP contribution in [0.25, 0.3) is 27.3 Å². The largest absolute Gasteiger partial charge is 0.211 e. The molecule has 5 heteroatoms. The van der Waals surface area contributed by atoms with Crippen molar-refractivity contribution in [3.8, 4) is 0 Å². The van der Waals surface area contributed by atoms with Crippen molar-refractivity contribution >= 4 is 33.0 Å². The maximum absolute atomic E-state index is 11.2. The Morgan fingerprint density at radius 1 is 0.947 bits per heavy atom. The van der Waals surface area contributed by atoms with E-state index in [0.29, 0.717) is 11.2 Å². The SMILES string of the molecule is O=Nc1c2ccccc2n2nnc3ccccc3c12. The van der Waals surface area contributed by atoms with Gasteiger partial charge in [-0.05, 0) is 17.3 Å². The first-order valence-electron chi connectivity index (χ1n) is 5.88. The molecule has 0 aliphatic rings. The second kappa shape index (κ2) is 3.58. The van der Waals surface area contributed by atoms with E-state index in [-0.39, 0.29) is 0 Å². The Kier molecular flexibility index (Phi) is 1.91. The van der Waals surface area contributed by atoms with Gasteiger partial charge in [0, 0.05) is 10.8 Å². The van der Waals surface area contributed by atoms with Gasteiger partial charge in [-0.15, -0.1) is 10.0 Å². The Morgan fingerprint density at radius 2 is 1.68 bits per heavy atom. The third-order valence-corrected chi connectivity index (χ3v) is 3.32. The lowest BCUT2D eigenvalue weighted by Crippen LogP contribution is -1.95. The molecule has 0 amide bonds. The van der Waals surface area contributed by atoms with Crippen molar-refractivity contribution in [1.29, 1.82) is 0 Å². The molecular weight excluding hydrogens is 240 g/mol. The van der Waals surface area contributed by atoms with Crippen LogP contribution in [-0.4, -0.2) is 14.8 Å². The lowest BCUT2D eigenvalue weighted by Gasteiger charge is -1.99. The smallest absolute Gasteiger partial charge is 0.143 e. The van der Waals surface area contributed by atoms with Gasteiger partial charge in [-0.3, -0.25) is 0 Å². The van der Waals surface area contributed by atoms with Crippen molar-refractivity contribution in [2.45, 2.75) is 0 Å². The van der Waals surface area contributed by atoms with Crippen LogP contribution in [0.5, 0.6) is 0 Å². The summed E-state index contributed by atoms with van der Waals surface area (Å²) in [7, 11) is 0. The molecule has 0 aliphatic carbocycles. The fourth-order valence-electron chi connectivity index (χ4n) is 2.49. The first-order valence-corrected chi connectivity index (χ1v) is 5.88. The zero-order chi connectivity index (χ0) is 12.8. The highest BCUT2D eigenvalue weighted by Crippen LogP contribution is 2.36. The Labute approximate surface area is 107 Å². The van der Waals surface area contributed by atoms with Crippen molar-refractivity contribution in [1.82, 2.24) is 14.8 Å². The molecule has 0 bridgehead atoms. The van der Waals surface area contributed by atoms with Crippen molar-refractivity contribution in [2.24, 2.45) is 5.18 Å². The summed E-state index contributed by atoms with van der Waals surface area (Å²) in [5.41, 5.74) is 2.72. The van der Waals surface area contributed by atoms with E-state index >= 15 is 0 Å². The lowest BCUT2D eigenvalue weighted by molar-refractivity contribution is 0.855. The molecule has 2 aromatic carbocycles. The summed E-state index contributed by atoms with van der Waals surface area (Å²) in [5, 5.41) is 13.2. The summed E-state index contributed by atoms with van der Waals surface area (Å²) in [6, 6.07) is 15.2. The molecule has 0 saturated heterocycles. The van der Waals surface area contributed by atoms with Crippen LogP contribution in [-0.2, 0) is 0 Å². The third-order valence-electron chi connectivity index (χ3n) is 3.32. The maximum atomic E-state index is 11.2. The number of hydrogen-bond donors (Lipinski definition) is 0. The minimum Gasteiger partial charge on any atom is -0.211 e. The second-order valence-electron chi connectivity index (χ2n) is 4.32. The summed E-state index contributed by atoms with van der Waals surface area (Å²) in [4.78, 5) is 11.2. The van der Waals surface area contributed by atoms with Crippen LogP contribution in [0.3, 0.4) is 0 Å². The van der Waals surface area contributed by atoms with E-state index in [1.54, 1.807) is 4.52 Å². The summed E-state index contributed by atoms with van der Waals surface area (Å²) < 4.78 is 1.67. The van der Waals surface area contributed by atoms with Gasteiger partial charge in [0.1, 0.15) is 11.2 Å². The highest BCUT2D eigenvalue weighted by molar-refractivity contribution is 6.10. The summed E-state index contributed by atoms with van der Waals surface area (Å²) in [6.45, 7) is 0. The van der Waals surface area contributed by atoms with Crippen molar-refractivity contribution in [3.63, 3.8) is 0 Å². The van der Waals surface area contributed by atoms with Gasteiger partial charge in [0.25, 0.3) is 0 Å². The van der Waals surface area contributed by atoms with Crippen LogP contribution in [0.2, 0.25) is 0 Å². The van der Waals surface area contributed by atoms with E-state index in [1.165, 1.54) is 0 Å². The monoisotopic (exact) mass is 248 g/mol. The summed E-state index contributed by atoms with van der Waals surface area (Å²) >= 11 is 0. The molecule has 90 valence electrons. The van der Waals surface area contributed by atoms with Crippen LogP contribution < -0.4 is 0 Å². The number of rotatable bonds is 1. The van der Waals surface area contributed by atoms with Gasteiger partial charge in [-0.25, -0.2) is 4.52 Å². The molecule has 0 fully saturated rings. The van der Waals surface area contributed by atoms with E-state index in [0.717, 1.165) is 21.8 Å². The first-order chi connectivity index (χ1) is 9.40. The van der Waals surface area contributed by atoms with Crippen molar-refractivity contribution in [2.75, 3.05) is 0 Å². The highest BCUT2D eigenvalue weighted by atomic mass is 16.3. The summed E-state index contributed by atoms with van der Waals surface area (Å²) in [6.07, 6.45) is 0. The van der Waals surface area contributed by atoms with Crippen LogP contribution in [0.15, 0.2) is 53.7 Å². The van der Waals surface area contributed by atoms with Gasteiger partial charge >= 0.3 is 0 Å². The molecule has 4 aromatic rings. The molecule has 0 saturated carbocycles. The standard InChI is InChI=1S/C14H8N4O/c19-16-13-10-6-2-4-8-12(10)18-14(13)9-5-1-3-7-11(9)15-17-18/h1-8H. The van der Waals surface area contributed by atoms with Crippen LogP contribution in [0.4, 0.5) is 5.69 Å². The molecular formula is C14H8N4O. The zero-order valence-corrected chi connectivity index (χ0v) is 9.82. The molecule has 19 heavy (non-hydrogen) atoms. The van der Waals surface area contributed by atoms with Crippen LogP contribution >= 0.6 is 0 Å². The average molecular weight is 248 g/mol. The Hall–Kier alpha value is -2.82. The highest BCUT2D eigenvalue weighted by Gasteiger charge is 2.15. The molecule has 5 nitrogen and oxygen atoms in total. The average Bonchev–Trinajstić information content (AvgIpc) is 2.81. The number of para-hydroxylation sites is 1. The molecule has 0 spiro atoms. The molecule has 0 N–H and O–H groups in total. The molecule has 0 atom stereocenters. The van der Waals surface area contributed by atoms with E-state index in [2.05, 4.69) is 15.5 Å². The van der Waals surface area contributed by atoms with Gasteiger partial charge in [-0.1, -0.05) is 41.6 Å². The Bertz CT molecular complexity index is 942. The van der Waals surface area contributed by atoms with Gasteiger partial charge in [0.2, 0.25) is 0 Å². The first kappa shape index (κ1) is 10.1. The van der Waals surface area contributed by atoms with Gasteiger partial charge < -0.3 is 0 Å². The number of benzene rings is 2. The van der Waals surface area contributed by atoms with Crippen molar-refractivity contribution in [3.05, 3.63) is 53.4 Å². The Morgan fingerprint density at radius 3 is 2.53 bits per heavy atom. The second-order valence-corrected chi connectivity index (χ2v) is 4.32. The number of nitroso groups, excluding NO2 is 1. The van der Waals surface area contributed by atoms with E-state index in [4.69, 9.17) is 0 Å². The van der Waals surface area contributed by atoms with E-state index in [9.17, 15) is 4.91 Å². The molecule has 0 aliphatic heterocycles. The predicted octanol–water partition coefficient (Wildman–Crippen LogP) is 3.43. The quantitative estimate of drug-likeness (QED) is 0.485. The fraction of sp³-hybridized carbons (Fsp3) is 0. The molecule has 0 unspecified atom stereocenters. The van der Waals surface area contributed by atoms with Crippen molar-refractivity contribution < 1.29 is 0 Å².